The molecule has 3 heteroatoms. The number of rotatable bonds is 3. The summed E-state index contributed by atoms with van der Waals surface area (Å²) in [5, 5.41) is 0. The Hall–Kier alpha value is -1.61. The minimum absolute atomic E-state index is 0.0514. The third-order valence-corrected chi connectivity index (χ3v) is 4.22. The lowest BCUT2D eigenvalue weighted by Gasteiger charge is -2.43. The van der Waals surface area contributed by atoms with Crippen LogP contribution in [-0.2, 0) is 9.53 Å². The first kappa shape index (κ1) is 12.4. The zero-order valence-corrected chi connectivity index (χ0v) is 11.0. The highest BCUT2D eigenvalue weighted by atomic mass is 16.5. The summed E-state index contributed by atoms with van der Waals surface area (Å²) >= 11 is 0. The number of ether oxygens (including phenoxy) is 1. The second-order valence-corrected chi connectivity index (χ2v) is 5.43. The summed E-state index contributed by atoms with van der Waals surface area (Å²) in [7, 11) is 0. The highest BCUT2D eigenvalue weighted by Gasteiger charge is 2.36. The second kappa shape index (κ2) is 5.17. The molecule has 3 heterocycles. The van der Waals surface area contributed by atoms with Gasteiger partial charge in [0.05, 0.1) is 5.57 Å². The number of piperidine rings is 3. The number of fused-ring (bicyclic) bond motifs is 3. The zero-order chi connectivity index (χ0) is 13.2. The van der Waals surface area contributed by atoms with Gasteiger partial charge in [0.2, 0.25) is 0 Å². The average Bonchev–Trinajstić information content (AvgIpc) is 2.48. The fourth-order valence-electron chi connectivity index (χ4n) is 3.01. The molecule has 4 rings (SSSR count). The summed E-state index contributed by atoms with van der Waals surface area (Å²) in [6.45, 7) is 7.05. The Morgan fingerprint density at radius 3 is 2.47 bits per heavy atom. The van der Waals surface area contributed by atoms with Crippen molar-refractivity contribution < 1.29 is 9.53 Å². The van der Waals surface area contributed by atoms with E-state index in [0.29, 0.717) is 11.5 Å². The first-order valence-corrected chi connectivity index (χ1v) is 6.91. The molecule has 19 heavy (non-hydrogen) atoms. The predicted molar refractivity (Wildman–Crippen MR) is 74.5 cm³/mol. The minimum atomic E-state index is -0.273. The Labute approximate surface area is 113 Å². The van der Waals surface area contributed by atoms with E-state index >= 15 is 0 Å². The molecule has 3 nitrogen and oxygen atoms in total. The Morgan fingerprint density at radius 2 is 1.89 bits per heavy atom. The summed E-state index contributed by atoms with van der Waals surface area (Å²) in [5.74, 6) is 0.266. The van der Waals surface area contributed by atoms with Crippen molar-refractivity contribution in [3.05, 3.63) is 42.5 Å². The number of hydrogen-bond donors (Lipinski definition) is 0. The molecule has 3 fully saturated rings. The molecule has 3 saturated heterocycles. The lowest BCUT2D eigenvalue weighted by Crippen LogP contribution is -2.51. The zero-order valence-electron chi connectivity index (χ0n) is 11.0. The van der Waals surface area contributed by atoms with Crippen molar-refractivity contribution in [2.24, 2.45) is 5.92 Å². The maximum absolute atomic E-state index is 12.1. The monoisotopic (exact) mass is 257 g/mol. The highest BCUT2D eigenvalue weighted by Crippen LogP contribution is 2.30. The standard InChI is InChI=1S/C16H19NO2/c1-12(13-5-3-2-4-6-13)16(18)19-15-11-17-9-7-14(15)8-10-17/h2-6,14-15H,1,7-11H2. The van der Waals surface area contributed by atoms with E-state index in [1.165, 1.54) is 0 Å². The van der Waals surface area contributed by atoms with Crippen molar-refractivity contribution in [2.45, 2.75) is 18.9 Å². The van der Waals surface area contributed by atoms with E-state index in [2.05, 4.69) is 11.5 Å². The first-order valence-electron chi connectivity index (χ1n) is 6.91. The summed E-state index contributed by atoms with van der Waals surface area (Å²) in [6, 6.07) is 9.51. The summed E-state index contributed by atoms with van der Waals surface area (Å²) in [4.78, 5) is 14.5. The molecule has 3 aliphatic rings. The molecule has 1 aromatic rings. The molecule has 1 aromatic carbocycles. The molecule has 1 atom stereocenters. The highest BCUT2D eigenvalue weighted by molar-refractivity contribution is 6.15. The van der Waals surface area contributed by atoms with Crippen LogP contribution in [0.2, 0.25) is 0 Å². The second-order valence-electron chi connectivity index (χ2n) is 5.43. The van der Waals surface area contributed by atoms with Crippen LogP contribution in [0.5, 0.6) is 0 Å². The van der Waals surface area contributed by atoms with Gasteiger partial charge in [0, 0.05) is 6.54 Å². The molecule has 2 bridgehead atoms. The third-order valence-electron chi connectivity index (χ3n) is 4.22. The van der Waals surface area contributed by atoms with Gasteiger partial charge in [-0.15, -0.1) is 0 Å². The molecular formula is C16H19NO2. The van der Waals surface area contributed by atoms with Gasteiger partial charge in [0.1, 0.15) is 6.10 Å². The van der Waals surface area contributed by atoms with Crippen molar-refractivity contribution in [1.82, 2.24) is 4.90 Å². The normalized spacial score (nSPS) is 28.9. The van der Waals surface area contributed by atoms with Crippen LogP contribution in [0.15, 0.2) is 36.9 Å². The van der Waals surface area contributed by atoms with E-state index < -0.39 is 0 Å². The van der Waals surface area contributed by atoms with Crippen LogP contribution < -0.4 is 0 Å². The van der Waals surface area contributed by atoms with Crippen LogP contribution in [-0.4, -0.2) is 36.6 Å². The summed E-state index contributed by atoms with van der Waals surface area (Å²) in [6.07, 6.45) is 2.35. The van der Waals surface area contributed by atoms with E-state index in [4.69, 9.17) is 4.74 Å². The van der Waals surface area contributed by atoms with Gasteiger partial charge in [-0.25, -0.2) is 4.79 Å². The third kappa shape index (κ3) is 2.56. The number of carbonyl (C=O) groups is 1. The van der Waals surface area contributed by atoms with Gasteiger partial charge in [-0.05, 0) is 37.4 Å². The quantitative estimate of drug-likeness (QED) is 0.615. The fourth-order valence-corrected chi connectivity index (χ4v) is 3.01. The van der Waals surface area contributed by atoms with E-state index in [0.717, 1.165) is 38.0 Å². The average molecular weight is 257 g/mol. The van der Waals surface area contributed by atoms with Gasteiger partial charge in [0.25, 0.3) is 0 Å². The van der Waals surface area contributed by atoms with Crippen molar-refractivity contribution in [3.63, 3.8) is 0 Å². The summed E-state index contributed by atoms with van der Waals surface area (Å²) < 4.78 is 5.66. The Balaban J connectivity index is 1.64. The van der Waals surface area contributed by atoms with Crippen LogP contribution in [0.25, 0.3) is 5.57 Å². The predicted octanol–water partition coefficient (Wildman–Crippen LogP) is 2.34. The van der Waals surface area contributed by atoms with Gasteiger partial charge in [-0.1, -0.05) is 36.9 Å². The summed E-state index contributed by atoms with van der Waals surface area (Å²) in [5.41, 5.74) is 1.30. The number of hydrogen-bond acceptors (Lipinski definition) is 3. The number of esters is 1. The number of carbonyl (C=O) groups excluding carboxylic acids is 1. The van der Waals surface area contributed by atoms with Crippen molar-refractivity contribution in [1.29, 1.82) is 0 Å². The lowest BCUT2D eigenvalue weighted by atomic mass is 9.86. The number of nitrogens with zero attached hydrogens (tertiary/aromatic N) is 1. The molecule has 0 spiro atoms. The van der Waals surface area contributed by atoms with E-state index in [9.17, 15) is 4.79 Å². The van der Waals surface area contributed by atoms with Gasteiger partial charge in [0.15, 0.2) is 0 Å². The molecule has 0 N–H and O–H groups in total. The van der Waals surface area contributed by atoms with Gasteiger partial charge < -0.3 is 4.74 Å². The Bertz CT molecular complexity index is 475. The molecule has 0 aliphatic carbocycles. The van der Waals surface area contributed by atoms with Crippen molar-refractivity contribution in [2.75, 3.05) is 19.6 Å². The first-order chi connectivity index (χ1) is 9.24. The van der Waals surface area contributed by atoms with Crippen LogP contribution in [0.3, 0.4) is 0 Å². The minimum Gasteiger partial charge on any atom is -0.457 e. The van der Waals surface area contributed by atoms with Crippen molar-refractivity contribution >= 4 is 11.5 Å². The van der Waals surface area contributed by atoms with Crippen LogP contribution in [0, 0.1) is 5.92 Å². The molecule has 3 aliphatic heterocycles. The van der Waals surface area contributed by atoms with Gasteiger partial charge in [-0.2, -0.15) is 0 Å². The topological polar surface area (TPSA) is 29.5 Å². The number of benzene rings is 1. The largest absolute Gasteiger partial charge is 0.457 e. The van der Waals surface area contributed by atoms with E-state index in [1.807, 2.05) is 30.3 Å². The van der Waals surface area contributed by atoms with Gasteiger partial charge >= 0.3 is 5.97 Å². The maximum Gasteiger partial charge on any atom is 0.338 e. The smallest absolute Gasteiger partial charge is 0.338 e. The molecule has 0 radical (unpaired) electrons. The molecular weight excluding hydrogens is 238 g/mol. The van der Waals surface area contributed by atoms with E-state index in [-0.39, 0.29) is 12.1 Å². The Kier molecular flexibility index (Phi) is 3.38. The van der Waals surface area contributed by atoms with Crippen LogP contribution >= 0.6 is 0 Å². The molecule has 1 unspecified atom stereocenters. The van der Waals surface area contributed by atoms with Crippen molar-refractivity contribution in [3.8, 4) is 0 Å². The molecule has 0 aromatic heterocycles. The lowest BCUT2D eigenvalue weighted by molar-refractivity contribution is -0.151. The molecule has 100 valence electrons. The van der Waals surface area contributed by atoms with E-state index in [1.54, 1.807) is 0 Å². The molecule has 0 amide bonds. The van der Waals surface area contributed by atoms with Crippen LogP contribution in [0.1, 0.15) is 18.4 Å². The Morgan fingerprint density at radius 1 is 1.21 bits per heavy atom. The maximum atomic E-state index is 12.1. The molecule has 0 saturated carbocycles. The SMILES string of the molecule is C=C(C(=O)OC1CN2CCC1CC2)c1ccccc1. The van der Waals surface area contributed by atoms with Crippen LogP contribution in [0.4, 0.5) is 0 Å². The fraction of sp³-hybridized carbons (Fsp3) is 0.438. The van der Waals surface area contributed by atoms with Gasteiger partial charge in [-0.3, -0.25) is 4.90 Å².